The molecule has 1 saturated heterocycles. The van der Waals surface area contributed by atoms with Crippen LogP contribution in [0.5, 0.6) is 0 Å². The molecule has 3 heterocycles. The number of aryl methyl sites for hydroxylation is 1. The number of unbranched alkanes of at least 4 members (excludes halogenated alkanes) is 1. The lowest BCUT2D eigenvalue weighted by Gasteiger charge is -2.49. The maximum absolute atomic E-state index is 13.2. The summed E-state index contributed by atoms with van der Waals surface area (Å²) in [5.74, 6) is 0.134. The van der Waals surface area contributed by atoms with E-state index in [1.165, 1.54) is 11.3 Å². The lowest BCUT2D eigenvalue weighted by Crippen LogP contribution is -2.63. The molecule has 0 saturated carbocycles. The number of nitrogens with zero attached hydrogens (tertiary/aromatic N) is 3. The first-order valence-electron chi connectivity index (χ1n) is 10.6. The standard InChI is InChI=1S/C22H34N4O2S/c1-6-7-10-26(16-13-21(2,3)24-22(4,5)14-16)18(27)8-11-25-15-23-19-17(20(25)28)9-12-29-19/h9,12,15-16,24H,6-8,10-11,13-14H2,1-5H3. The number of aromatic nitrogens is 2. The van der Waals surface area contributed by atoms with Gasteiger partial charge in [-0.15, -0.1) is 11.3 Å². The van der Waals surface area contributed by atoms with Crippen LogP contribution >= 0.6 is 11.3 Å². The van der Waals surface area contributed by atoms with Crippen LogP contribution < -0.4 is 10.9 Å². The Labute approximate surface area is 177 Å². The molecular weight excluding hydrogens is 384 g/mol. The minimum absolute atomic E-state index is 0.0119. The second-order valence-corrected chi connectivity index (χ2v) is 10.4. The minimum atomic E-state index is -0.0618. The molecule has 7 heteroatoms. The van der Waals surface area contributed by atoms with Crippen LogP contribution in [0.4, 0.5) is 0 Å². The number of thiophene rings is 1. The van der Waals surface area contributed by atoms with Crippen LogP contribution in [0.15, 0.2) is 22.6 Å². The van der Waals surface area contributed by atoms with Crippen LogP contribution in [0.3, 0.4) is 0 Å². The Balaban J connectivity index is 1.74. The molecule has 0 aliphatic carbocycles. The van der Waals surface area contributed by atoms with Gasteiger partial charge in [0.25, 0.3) is 5.56 Å². The van der Waals surface area contributed by atoms with Crippen molar-refractivity contribution in [3.63, 3.8) is 0 Å². The molecule has 0 atom stereocenters. The molecule has 1 fully saturated rings. The number of carbonyl (C=O) groups excluding carboxylic acids is 1. The topological polar surface area (TPSA) is 67.2 Å². The largest absolute Gasteiger partial charge is 0.340 e. The summed E-state index contributed by atoms with van der Waals surface area (Å²) < 4.78 is 1.57. The van der Waals surface area contributed by atoms with Gasteiger partial charge in [-0.3, -0.25) is 14.2 Å². The van der Waals surface area contributed by atoms with Gasteiger partial charge in [-0.1, -0.05) is 13.3 Å². The Morgan fingerprint density at radius 2 is 2.00 bits per heavy atom. The normalized spacial score (nSPS) is 18.8. The fraction of sp³-hybridized carbons (Fsp3) is 0.682. The molecule has 0 radical (unpaired) electrons. The molecule has 0 aromatic carbocycles. The van der Waals surface area contributed by atoms with Crippen LogP contribution in [0.2, 0.25) is 0 Å². The van der Waals surface area contributed by atoms with Gasteiger partial charge in [0.15, 0.2) is 0 Å². The van der Waals surface area contributed by atoms with Crippen molar-refractivity contribution in [1.29, 1.82) is 0 Å². The van der Waals surface area contributed by atoms with Gasteiger partial charge in [-0.2, -0.15) is 0 Å². The fourth-order valence-corrected chi connectivity index (χ4v) is 5.46. The molecule has 160 valence electrons. The zero-order valence-electron chi connectivity index (χ0n) is 18.3. The second-order valence-electron chi connectivity index (χ2n) is 9.53. The molecule has 6 nitrogen and oxygen atoms in total. The molecule has 0 bridgehead atoms. The van der Waals surface area contributed by atoms with E-state index in [1.807, 2.05) is 5.38 Å². The van der Waals surface area contributed by atoms with Crippen LogP contribution in [0.1, 0.15) is 66.7 Å². The van der Waals surface area contributed by atoms with Gasteiger partial charge in [0, 0.05) is 36.6 Å². The molecular formula is C22H34N4O2S. The average molecular weight is 419 g/mol. The van der Waals surface area contributed by atoms with Gasteiger partial charge in [-0.05, 0) is 58.4 Å². The van der Waals surface area contributed by atoms with E-state index in [4.69, 9.17) is 0 Å². The van der Waals surface area contributed by atoms with Crippen LogP contribution in [-0.2, 0) is 11.3 Å². The molecule has 3 rings (SSSR count). The van der Waals surface area contributed by atoms with Gasteiger partial charge in [0.1, 0.15) is 4.83 Å². The number of hydrogen-bond acceptors (Lipinski definition) is 5. The summed E-state index contributed by atoms with van der Waals surface area (Å²) in [6.07, 6.45) is 5.83. The number of amides is 1. The quantitative estimate of drug-likeness (QED) is 0.743. The minimum Gasteiger partial charge on any atom is -0.340 e. The first kappa shape index (κ1) is 22.0. The van der Waals surface area contributed by atoms with Crippen molar-refractivity contribution < 1.29 is 4.79 Å². The van der Waals surface area contributed by atoms with Crippen LogP contribution in [0.25, 0.3) is 10.2 Å². The van der Waals surface area contributed by atoms with Gasteiger partial charge in [0.2, 0.25) is 5.91 Å². The Hall–Kier alpha value is -1.73. The highest BCUT2D eigenvalue weighted by Gasteiger charge is 2.40. The Kier molecular flexibility index (Phi) is 6.48. The highest BCUT2D eigenvalue weighted by atomic mass is 32.1. The third-order valence-corrected chi connectivity index (χ3v) is 6.52. The molecule has 0 spiro atoms. The molecule has 0 unspecified atom stereocenters. The summed E-state index contributed by atoms with van der Waals surface area (Å²) in [6, 6.07) is 2.02. The summed E-state index contributed by atoms with van der Waals surface area (Å²) in [6.45, 7) is 12.2. The zero-order valence-corrected chi connectivity index (χ0v) is 19.1. The number of fused-ring (bicyclic) bond motifs is 1. The lowest BCUT2D eigenvalue weighted by atomic mass is 9.79. The van der Waals surface area contributed by atoms with Crippen LogP contribution in [-0.4, -0.2) is 44.0 Å². The number of nitrogens with one attached hydrogen (secondary N) is 1. The molecule has 1 N–H and O–H groups in total. The predicted octanol–water partition coefficient (Wildman–Crippen LogP) is 3.79. The van der Waals surface area contributed by atoms with E-state index < -0.39 is 0 Å². The monoisotopic (exact) mass is 418 g/mol. The summed E-state index contributed by atoms with van der Waals surface area (Å²) in [5.41, 5.74) is -0.0856. The van der Waals surface area contributed by atoms with Crippen molar-refractivity contribution >= 4 is 27.5 Å². The van der Waals surface area contributed by atoms with E-state index in [0.717, 1.165) is 37.1 Å². The van der Waals surface area contributed by atoms with E-state index in [0.29, 0.717) is 18.4 Å². The smallest absolute Gasteiger partial charge is 0.262 e. The third-order valence-electron chi connectivity index (χ3n) is 5.70. The Morgan fingerprint density at radius 3 is 2.66 bits per heavy atom. The van der Waals surface area contributed by atoms with E-state index >= 15 is 0 Å². The first-order valence-corrected chi connectivity index (χ1v) is 11.5. The number of hydrogen-bond donors (Lipinski definition) is 1. The van der Waals surface area contributed by atoms with Crippen molar-refractivity contribution in [3.05, 3.63) is 28.1 Å². The van der Waals surface area contributed by atoms with Gasteiger partial charge >= 0.3 is 0 Å². The highest BCUT2D eigenvalue weighted by molar-refractivity contribution is 7.16. The number of piperidine rings is 1. The molecule has 1 aliphatic rings. The van der Waals surface area contributed by atoms with Crippen molar-refractivity contribution in [2.75, 3.05) is 6.54 Å². The zero-order chi connectivity index (χ0) is 21.2. The maximum atomic E-state index is 13.2. The highest BCUT2D eigenvalue weighted by Crippen LogP contribution is 2.32. The van der Waals surface area contributed by atoms with Gasteiger partial charge < -0.3 is 10.2 Å². The third kappa shape index (κ3) is 5.25. The van der Waals surface area contributed by atoms with E-state index in [9.17, 15) is 9.59 Å². The molecule has 2 aromatic rings. The van der Waals surface area contributed by atoms with E-state index in [2.05, 4.69) is 49.8 Å². The van der Waals surface area contributed by atoms with Crippen molar-refractivity contribution in [2.24, 2.45) is 0 Å². The van der Waals surface area contributed by atoms with E-state index in [-0.39, 0.29) is 28.6 Å². The molecule has 2 aromatic heterocycles. The Morgan fingerprint density at radius 1 is 1.31 bits per heavy atom. The molecule has 29 heavy (non-hydrogen) atoms. The van der Waals surface area contributed by atoms with Crippen molar-refractivity contribution in [3.8, 4) is 0 Å². The summed E-state index contributed by atoms with van der Waals surface area (Å²) in [5, 5.41) is 6.21. The summed E-state index contributed by atoms with van der Waals surface area (Å²) >= 11 is 1.46. The molecule has 1 aliphatic heterocycles. The van der Waals surface area contributed by atoms with Crippen molar-refractivity contribution in [2.45, 2.75) is 90.4 Å². The average Bonchev–Trinajstić information content (AvgIpc) is 3.08. The second kappa shape index (κ2) is 8.56. The first-order chi connectivity index (χ1) is 13.6. The number of rotatable bonds is 7. The maximum Gasteiger partial charge on any atom is 0.262 e. The lowest BCUT2D eigenvalue weighted by molar-refractivity contribution is -0.135. The SMILES string of the molecule is CCCCN(C(=O)CCn1cnc2sccc2c1=O)C1CC(C)(C)NC(C)(C)C1. The van der Waals surface area contributed by atoms with Gasteiger partial charge in [0.05, 0.1) is 11.7 Å². The van der Waals surface area contributed by atoms with E-state index in [1.54, 1.807) is 17.0 Å². The van der Waals surface area contributed by atoms with Gasteiger partial charge in [-0.25, -0.2) is 4.98 Å². The van der Waals surface area contributed by atoms with Crippen LogP contribution in [0, 0.1) is 0 Å². The molecule has 1 amide bonds. The van der Waals surface area contributed by atoms with Crippen molar-refractivity contribution in [1.82, 2.24) is 19.8 Å². The Bertz CT molecular complexity index is 899. The fourth-order valence-electron chi connectivity index (χ4n) is 4.74. The number of carbonyl (C=O) groups is 1. The predicted molar refractivity (Wildman–Crippen MR) is 119 cm³/mol. The summed E-state index contributed by atoms with van der Waals surface area (Å²) in [4.78, 5) is 33.0. The summed E-state index contributed by atoms with van der Waals surface area (Å²) in [7, 11) is 0.